The number of Topliss-reactive ketones (excluding diaryl/α,β-unsaturated/α-hetero) is 1. The largest absolute Gasteiger partial charge is 0.295 e. The fourth-order valence-corrected chi connectivity index (χ4v) is 1.30. The first kappa shape index (κ1) is 9.90. The summed E-state index contributed by atoms with van der Waals surface area (Å²) in [7, 11) is 0. The molecule has 70 valence electrons. The molecular formula is C11H13FO. The second-order valence-electron chi connectivity index (χ2n) is 3.14. The Morgan fingerprint density at radius 3 is 2.62 bits per heavy atom. The van der Waals surface area contributed by atoms with Crippen LogP contribution in [0.3, 0.4) is 0 Å². The molecule has 0 heterocycles. The third kappa shape index (κ3) is 2.38. The highest BCUT2D eigenvalue weighted by Gasteiger charge is 2.02. The molecule has 0 atom stereocenters. The molecule has 2 heteroatoms. The number of ketones is 1. The maximum absolute atomic E-state index is 12.1. The Bertz CT molecular complexity index is 318. The molecule has 0 radical (unpaired) electrons. The van der Waals surface area contributed by atoms with Crippen molar-refractivity contribution in [1.82, 2.24) is 0 Å². The van der Waals surface area contributed by atoms with Gasteiger partial charge in [0, 0.05) is 12.0 Å². The number of aryl methyl sites for hydroxylation is 2. The fourth-order valence-electron chi connectivity index (χ4n) is 1.30. The number of benzene rings is 1. The lowest BCUT2D eigenvalue weighted by molar-refractivity contribution is 0.101. The van der Waals surface area contributed by atoms with E-state index in [0.29, 0.717) is 12.0 Å². The first-order valence-electron chi connectivity index (χ1n) is 4.31. The molecule has 1 aromatic rings. The van der Waals surface area contributed by atoms with E-state index in [1.54, 1.807) is 6.07 Å². The van der Waals surface area contributed by atoms with Crippen molar-refractivity contribution in [3.8, 4) is 0 Å². The van der Waals surface area contributed by atoms with Gasteiger partial charge in [0.1, 0.15) is 0 Å². The lowest BCUT2D eigenvalue weighted by Gasteiger charge is -2.04. The molecule has 0 saturated carbocycles. The lowest BCUT2D eigenvalue weighted by Crippen LogP contribution is -1.96. The zero-order valence-electron chi connectivity index (χ0n) is 7.93. The minimum Gasteiger partial charge on any atom is -0.295 e. The summed E-state index contributed by atoms with van der Waals surface area (Å²) in [6.07, 6.45) is 0.435. The zero-order valence-corrected chi connectivity index (χ0v) is 7.93. The van der Waals surface area contributed by atoms with Crippen LogP contribution in [-0.2, 0) is 6.42 Å². The summed E-state index contributed by atoms with van der Waals surface area (Å²) in [6.45, 7) is 3.08. The summed E-state index contributed by atoms with van der Waals surface area (Å²) in [6, 6.07) is 5.39. The maximum atomic E-state index is 12.1. The fraction of sp³-hybridized carbons (Fsp3) is 0.364. The first-order valence-corrected chi connectivity index (χ1v) is 4.31. The van der Waals surface area contributed by atoms with Crippen molar-refractivity contribution < 1.29 is 9.18 Å². The Labute approximate surface area is 77.6 Å². The molecule has 1 rings (SSSR count). The number of carbonyl (C=O) groups is 1. The predicted molar refractivity (Wildman–Crippen MR) is 50.9 cm³/mol. The lowest BCUT2D eigenvalue weighted by atomic mass is 10.0. The van der Waals surface area contributed by atoms with Crippen molar-refractivity contribution in [3.63, 3.8) is 0 Å². The predicted octanol–water partition coefficient (Wildman–Crippen LogP) is 2.71. The molecule has 1 nitrogen and oxygen atoms in total. The molecule has 0 aromatic heterocycles. The molecule has 0 spiro atoms. The van der Waals surface area contributed by atoms with Crippen LogP contribution in [0.5, 0.6) is 0 Å². The van der Waals surface area contributed by atoms with Crippen LogP contribution in [0.4, 0.5) is 4.39 Å². The molecule has 0 N–H and O–H groups in total. The Balaban J connectivity index is 2.98. The molecule has 0 amide bonds. The Morgan fingerprint density at radius 1 is 1.46 bits per heavy atom. The Hall–Kier alpha value is -1.18. The first-order chi connectivity index (χ1) is 6.15. The Kier molecular flexibility index (Phi) is 3.18. The van der Waals surface area contributed by atoms with Crippen molar-refractivity contribution in [3.05, 3.63) is 34.9 Å². The van der Waals surface area contributed by atoms with Crippen molar-refractivity contribution in [1.29, 1.82) is 0 Å². The number of alkyl halides is 1. The molecule has 0 aliphatic rings. The highest BCUT2D eigenvalue weighted by Crippen LogP contribution is 2.12. The highest BCUT2D eigenvalue weighted by molar-refractivity contribution is 5.94. The summed E-state index contributed by atoms with van der Waals surface area (Å²) in [4.78, 5) is 11.0. The smallest absolute Gasteiger partial charge is 0.159 e. The van der Waals surface area contributed by atoms with Crippen LogP contribution >= 0.6 is 0 Å². The van der Waals surface area contributed by atoms with Gasteiger partial charge in [-0.1, -0.05) is 12.1 Å². The summed E-state index contributed by atoms with van der Waals surface area (Å²) >= 11 is 0. The van der Waals surface area contributed by atoms with Crippen LogP contribution in [0.25, 0.3) is 0 Å². The zero-order chi connectivity index (χ0) is 9.84. The maximum Gasteiger partial charge on any atom is 0.159 e. The van der Waals surface area contributed by atoms with Crippen LogP contribution in [0.15, 0.2) is 18.2 Å². The van der Waals surface area contributed by atoms with E-state index in [1.807, 2.05) is 19.1 Å². The minimum absolute atomic E-state index is 0.0508. The van der Waals surface area contributed by atoms with Crippen molar-refractivity contribution in [2.45, 2.75) is 20.3 Å². The molecule has 0 saturated heterocycles. The van der Waals surface area contributed by atoms with Crippen LogP contribution in [0, 0.1) is 6.92 Å². The topological polar surface area (TPSA) is 17.1 Å². The van der Waals surface area contributed by atoms with Crippen molar-refractivity contribution >= 4 is 5.78 Å². The van der Waals surface area contributed by atoms with E-state index in [4.69, 9.17) is 0 Å². The van der Waals surface area contributed by atoms with Crippen LogP contribution in [0.1, 0.15) is 28.4 Å². The van der Waals surface area contributed by atoms with Crippen LogP contribution < -0.4 is 0 Å². The average molecular weight is 180 g/mol. The molecule has 0 fully saturated rings. The average Bonchev–Trinajstić information content (AvgIpc) is 2.08. The Morgan fingerprint density at radius 2 is 2.15 bits per heavy atom. The number of hydrogen-bond acceptors (Lipinski definition) is 1. The van der Waals surface area contributed by atoms with Gasteiger partial charge in [-0.2, -0.15) is 0 Å². The van der Waals surface area contributed by atoms with Gasteiger partial charge in [-0.25, -0.2) is 0 Å². The van der Waals surface area contributed by atoms with E-state index in [2.05, 4.69) is 0 Å². The second-order valence-corrected chi connectivity index (χ2v) is 3.14. The van der Waals surface area contributed by atoms with Gasteiger partial charge in [0.25, 0.3) is 0 Å². The summed E-state index contributed by atoms with van der Waals surface area (Å²) < 4.78 is 12.1. The van der Waals surface area contributed by atoms with Gasteiger partial charge in [0.05, 0.1) is 6.67 Å². The number of halogens is 1. The van der Waals surface area contributed by atoms with Crippen LogP contribution in [0.2, 0.25) is 0 Å². The van der Waals surface area contributed by atoms with Gasteiger partial charge >= 0.3 is 0 Å². The number of hydrogen-bond donors (Lipinski definition) is 0. The van der Waals surface area contributed by atoms with Gasteiger partial charge in [-0.15, -0.1) is 0 Å². The van der Waals surface area contributed by atoms with E-state index < -0.39 is 0 Å². The highest BCUT2D eigenvalue weighted by atomic mass is 19.1. The molecule has 13 heavy (non-hydrogen) atoms. The van der Waals surface area contributed by atoms with Crippen molar-refractivity contribution in [2.75, 3.05) is 6.67 Å². The van der Waals surface area contributed by atoms with E-state index in [1.165, 1.54) is 6.92 Å². The summed E-state index contributed by atoms with van der Waals surface area (Å²) in [5, 5.41) is 0. The van der Waals surface area contributed by atoms with E-state index >= 15 is 0 Å². The summed E-state index contributed by atoms with van der Waals surface area (Å²) in [5.41, 5.74) is 2.66. The third-order valence-corrected chi connectivity index (χ3v) is 2.11. The minimum atomic E-state index is -0.347. The normalized spacial score (nSPS) is 10.1. The number of rotatable bonds is 3. The quantitative estimate of drug-likeness (QED) is 0.653. The SMILES string of the molecule is CC(=O)c1ccc(CCF)c(C)c1. The standard InChI is InChI=1S/C11H13FO/c1-8-7-11(9(2)13)4-3-10(8)5-6-12/h3-4,7H,5-6H2,1-2H3. The molecule has 0 bridgehead atoms. The van der Waals surface area contributed by atoms with Gasteiger partial charge in [0.2, 0.25) is 0 Å². The van der Waals surface area contributed by atoms with Gasteiger partial charge in [-0.3, -0.25) is 9.18 Å². The molecule has 1 aromatic carbocycles. The van der Waals surface area contributed by atoms with Gasteiger partial charge in [-0.05, 0) is 31.0 Å². The number of carbonyl (C=O) groups excluding carboxylic acids is 1. The van der Waals surface area contributed by atoms with Gasteiger partial charge < -0.3 is 0 Å². The van der Waals surface area contributed by atoms with E-state index in [0.717, 1.165) is 11.1 Å². The van der Waals surface area contributed by atoms with Crippen LogP contribution in [-0.4, -0.2) is 12.5 Å². The third-order valence-electron chi connectivity index (χ3n) is 2.11. The molecule has 0 unspecified atom stereocenters. The van der Waals surface area contributed by atoms with E-state index in [9.17, 15) is 9.18 Å². The summed E-state index contributed by atoms with van der Waals surface area (Å²) in [5.74, 6) is 0.0508. The van der Waals surface area contributed by atoms with Gasteiger partial charge in [0.15, 0.2) is 5.78 Å². The molecule has 0 aliphatic heterocycles. The monoisotopic (exact) mass is 180 g/mol. The second kappa shape index (κ2) is 4.17. The van der Waals surface area contributed by atoms with Crippen molar-refractivity contribution in [2.24, 2.45) is 0 Å². The van der Waals surface area contributed by atoms with E-state index in [-0.39, 0.29) is 12.5 Å². The molecular weight excluding hydrogens is 167 g/mol. The molecule has 0 aliphatic carbocycles.